The van der Waals surface area contributed by atoms with Crippen molar-refractivity contribution in [3.8, 4) is 16.9 Å². The van der Waals surface area contributed by atoms with E-state index in [-0.39, 0.29) is 30.1 Å². The Hall–Kier alpha value is -3.68. The van der Waals surface area contributed by atoms with Gasteiger partial charge in [-0.2, -0.15) is 0 Å². The molecule has 3 aromatic rings. The second-order valence-corrected chi connectivity index (χ2v) is 9.39. The van der Waals surface area contributed by atoms with Crippen molar-refractivity contribution >= 4 is 23.2 Å². The van der Waals surface area contributed by atoms with Crippen LogP contribution >= 0.6 is 0 Å². The van der Waals surface area contributed by atoms with Gasteiger partial charge >= 0.3 is 0 Å². The van der Waals surface area contributed by atoms with Gasteiger partial charge in [-0.25, -0.2) is 0 Å². The van der Waals surface area contributed by atoms with E-state index in [1.807, 2.05) is 49.4 Å². The predicted octanol–water partition coefficient (Wildman–Crippen LogP) is 4.80. The summed E-state index contributed by atoms with van der Waals surface area (Å²) in [6.07, 6.45) is 2.54. The largest absolute Gasteiger partial charge is 0.495 e. The van der Waals surface area contributed by atoms with E-state index in [2.05, 4.69) is 15.5 Å². The first-order valence-electron chi connectivity index (χ1n) is 12.4. The summed E-state index contributed by atoms with van der Waals surface area (Å²) in [7, 11) is 1.56. The van der Waals surface area contributed by atoms with Gasteiger partial charge in [-0.1, -0.05) is 42.5 Å². The Bertz CT molecular complexity index is 1220. The lowest BCUT2D eigenvalue weighted by Crippen LogP contribution is -2.51. The average Bonchev–Trinajstić information content (AvgIpc) is 3.26. The highest BCUT2D eigenvalue weighted by atomic mass is 16.5. The summed E-state index contributed by atoms with van der Waals surface area (Å²) in [6.45, 7) is 3.44. The lowest BCUT2D eigenvalue weighted by atomic mass is 10.0. The summed E-state index contributed by atoms with van der Waals surface area (Å²) in [6, 6.07) is 22.4. The monoisotopic (exact) mass is 485 g/mol. The van der Waals surface area contributed by atoms with E-state index >= 15 is 0 Å². The molecule has 36 heavy (non-hydrogen) atoms. The van der Waals surface area contributed by atoms with E-state index in [0.717, 1.165) is 37.1 Å². The Balaban J connectivity index is 1.25. The van der Waals surface area contributed by atoms with Crippen molar-refractivity contribution < 1.29 is 19.1 Å². The second-order valence-electron chi connectivity index (χ2n) is 9.39. The number of hydrogen-bond acceptors (Lipinski definition) is 5. The molecule has 7 nitrogen and oxygen atoms in total. The molecule has 2 amide bonds. The Kier molecular flexibility index (Phi) is 7.02. The lowest BCUT2D eigenvalue weighted by Gasteiger charge is -2.35. The van der Waals surface area contributed by atoms with Gasteiger partial charge in [0.2, 0.25) is 5.91 Å². The first kappa shape index (κ1) is 24.0. The van der Waals surface area contributed by atoms with Crippen molar-refractivity contribution in [2.75, 3.05) is 30.8 Å². The first-order chi connectivity index (χ1) is 17.5. The molecular formula is C29H31N3O4. The fraction of sp³-hybridized carbons (Fsp3) is 0.310. The SMILES string of the molecule is COc1ccc(NC(=O)c2ccc(-c3ccccc3)cc2)cc1NC(=O)[C@@H](C)N1CC2CCC(C1)O2. The smallest absolute Gasteiger partial charge is 0.255 e. The maximum absolute atomic E-state index is 13.1. The molecule has 2 fully saturated rings. The molecule has 2 aliphatic rings. The van der Waals surface area contributed by atoms with E-state index in [0.29, 0.717) is 22.7 Å². The average molecular weight is 486 g/mol. The lowest BCUT2D eigenvalue weighted by molar-refractivity contribution is -0.124. The number of methoxy groups -OCH3 is 1. The summed E-state index contributed by atoms with van der Waals surface area (Å²) in [5.74, 6) is 0.187. The summed E-state index contributed by atoms with van der Waals surface area (Å²) >= 11 is 0. The van der Waals surface area contributed by atoms with E-state index in [4.69, 9.17) is 9.47 Å². The number of morpholine rings is 1. The molecule has 186 valence electrons. The highest BCUT2D eigenvalue weighted by molar-refractivity contribution is 6.05. The number of benzene rings is 3. The predicted molar refractivity (Wildman–Crippen MR) is 140 cm³/mol. The number of nitrogens with one attached hydrogen (secondary N) is 2. The van der Waals surface area contributed by atoms with Crippen molar-refractivity contribution in [3.63, 3.8) is 0 Å². The summed E-state index contributed by atoms with van der Waals surface area (Å²) < 4.78 is 11.4. The molecule has 2 bridgehead atoms. The molecule has 3 aromatic carbocycles. The third-order valence-electron chi connectivity index (χ3n) is 6.97. The van der Waals surface area contributed by atoms with Crippen molar-refractivity contribution in [2.45, 2.75) is 38.0 Å². The molecule has 3 atom stereocenters. The minimum absolute atomic E-state index is 0.116. The zero-order valence-electron chi connectivity index (χ0n) is 20.6. The maximum Gasteiger partial charge on any atom is 0.255 e. The topological polar surface area (TPSA) is 79.9 Å². The minimum atomic E-state index is -0.303. The quantitative estimate of drug-likeness (QED) is 0.502. The van der Waals surface area contributed by atoms with Gasteiger partial charge in [0.15, 0.2) is 0 Å². The van der Waals surface area contributed by atoms with Gasteiger partial charge in [0, 0.05) is 24.3 Å². The van der Waals surface area contributed by atoms with Crippen LogP contribution in [0.5, 0.6) is 5.75 Å². The third-order valence-corrected chi connectivity index (χ3v) is 6.97. The Morgan fingerprint density at radius 2 is 1.58 bits per heavy atom. The molecule has 2 N–H and O–H groups in total. The molecule has 0 aromatic heterocycles. The summed E-state index contributed by atoms with van der Waals surface area (Å²) in [5.41, 5.74) is 3.78. The number of anilines is 2. The van der Waals surface area contributed by atoms with Crippen LogP contribution in [0.25, 0.3) is 11.1 Å². The minimum Gasteiger partial charge on any atom is -0.495 e. The molecule has 5 rings (SSSR count). The van der Waals surface area contributed by atoms with E-state index in [9.17, 15) is 9.59 Å². The van der Waals surface area contributed by atoms with Crippen LogP contribution in [0.1, 0.15) is 30.1 Å². The Morgan fingerprint density at radius 1 is 0.917 bits per heavy atom. The molecule has 0 aliphatic carbocycles. The third kappa shape index (κ3) is 5.27. The van der Waals surface area contributed by atoms with Crippen LogP contribution in [0, 0.1) is 0 Å². The van der Waals surface area contributed by atoms with Gasteiger partial charge in [-0.15, -0.1) is 0 Å². The van der Waals surface area contributed by atoms with Gasteiger partial charge in [-0.05, 0) is 61.2 Å². The number of carbonyl (C=O) groups is 2. The van der Waals surface area contributed by atoms with Crippen LogP contribution in [0.2, 0.25) is 0 Å². The number of ether oxygens (including phenoxy) is 2. The van der Waals surface area contributed by atoms with Crippen LogP contribution in [0.3, 0.4) is 0 Å². The van der Waals surface area contributed by atoms with E-state index in [1.165, 1.54) is 0 Å². The van der Waals surface area contributed by atoms with Crippen molar-refractivity contribution in [1.82, 2.24) is 4.90 Å². The zero-order chi connectivity index (χ0) is 25.1. The number of nitrogens with zero attached hydrogens (tertiary/aromatic N) is 1. The first-order valence-corrected chi connectivity index (χ1v) is 12.4. The summed E-state index contributed by atoms with van der Waals surface area (Å²) in [4.78, 5) is 28.1. The van der Waals surface area contributed by atoms with Crippen LogP contribution in [0.4, 0.5) is 11.4 Å². The highest BCUT2D eigenvalue weighted by Gasteiger charge is 2.37. The van der Waals surface area contributed by atoms with Crippen LogP contribution < -0.4 is 15.4 Å². The molecule has 2 heterocycles. The van der Waals surface area contributed by atoms with Crippen molar-refractivity contribution in [1.29, 1.82) is 0 Å². The maximum atomic E-state index is 13.1. The number of likely N-dealkylation sites (tertiary alicyclic amines) is 1. The van der Waals surface area contributed by atoms with Gasteiger partial charge < -0.3 is 20.1 Å². The van der Waals surface area contributed by atoms with Crippen LogP contribution in [-0.2, 0) is 9.53 Å². The fourth-order valence-electron chi connectivity index (χ4n) is 4.90. The molecule has 0 spiro atoms. The molecule has 7 heteroatoms. The van der Waals surface area contributed by atoms with E-state index in [1.54, 1.807) is 37.4 Å². The van der Waals surface area contributed by atoms with Gasteiger partial charge in [0.05, 0.1) is 31.0 Å². The molecule has 0 radical (unpaired) electrons. The standard InChI is InChI=1S/C29H31N3O4/c1-19(32-17-24-13-14-25(18-32)36-24)28(33)31-26-16-23(12-15-27(26)35-2)30-29(34)22-10-8-21(9-11-22)20-6-4-3-5-7-20/h3-12,15-16,19,24-25H,13-14,17-18H2,1-2H3,(H,30,34)(H,31,33)/t19-,24?,25?/m1/s1. The number of hydrogen-bond donors (Lipinski definition) is 2. The highest BCUT2D eigenvalue weighted by Crippen LogP contribution is 2.30. The van der Waals surface area contributed by atoms with Gasteiger partial charge in [-0.3, -0.25) is 14.5 Å². The van der Waals surface area contributed by atoms with Crippen molar-refractivity contribution in [3.05, 3.63) is 78.4 Å². The van der Waals surface area contributed by atoms with Gasteiger partial charge in [0.1, 0.15) is 5.75 Å². The number of fused-ring (bicyclic) bond motifs is 2. The number of amides is 2. The van der Waals surface area contributed by atoms with Crippen LogP contribution in [0.15, 0.2) is 72.8 Å². The van der Waals surface area contributed by atoms with E-state index < -0.39 is 0 Å². The van der Waals surface area contributed by atoms with Crippen LogP contribution in [-0.4, -0.2) is 55.2 Å². The summed E-state index contributed by atoms with van der Waals surface area (Å²) in [5, 5.41) is 5.91. The molecule has 2 saturated heterocycles. The molecule has 2 aliphatic heterocycles. The Morgan fingerprint density at radius 3 is 2.25 bits per heavy atom. The second kappa shape index (κ2) is 10.5. The fourth-order valence-corrected chi connectivity index (χ4v) is 4.90. The zero-order valence-corrected chi connectivity index (χ0v) is 20.6. The molecule has 2 unspecified atom stereocenters. The number of carbonyl (C=O) groups excluding carboxylic acids is 2. The molecular weight excluding hydrogens is 454 g/mol. The Labute approximate surface area is 211 Å². The normalized spacial score (nSPS) is 19.9. The number of rotatable bonds is 7. The van der Waals surface area contributed by atoms with Gasteiger partial charge in [0.25, 0.3) is 5.91 Å². The molecule has 0 saturated carbocycles. The van der Waals surface area contributed by atoms with Crippen molar-refractivity contribution in [2.24, 2.45) is 0 Å².